The van der Waals surface area contributed by atoms with E-state index in [1.165, 1.54) is 13.2 Å². The smallest absolute Gasteiger partial charge is 0.187 e. The van der Waals surface area contributed by atoms with Crippen LogP contribution in [0, 0.1) is 0 Å². The minimum absolute atomic E-state index is 0.0102. The van der Waals surface area contributed by atoms with E-state index in [-0.39, 0.29) is 11.5 Å². The average molecular weight is 344 g/mol. The van der Waals surface area contributed by atoms with Gasteiger partial charge in [-0.05, 0) is 24.1 Å². The van der Waals surface area contributed by atoms with Crippen LogP contribution in [0.1, 0.15) is 25.0 Å². The molecule has 2 unspecified atom stereocenters. The summed E-state index contributed by atoms with van der Waals surface area (Å²) >= 11 is 0. The van der Waals surface area contributed by atoms with E-state index in [4.69, 9.17) is 14.2 Å². The molecule has 8 nitrogen and oxygen atoms in total. The lowest BCUT2D eigenvalue weighted by Crippen LogP contribution is -2.59. The van der Waals surface area contributed by atoms with Gasteiger partial charge in [-0.1, -0.05) is 13.0 Å². The highest BCUT2D eigenvalue weighted by atomic mass is 16.7. The molecular formula is C16H24O8. The van der Waals surface area contributed by atoms with E-state index in [1.807, 2.05) is 6.92 Å². The van der Waals surface area contributed by atoms with Crippen LogP contribution in [-0.4, -0.2) is 70.0 Å². The number of benzene rings is 1. The lowest BCUT2D eigenvalue weighted by Gasteiger charge is -2.40. The predicted molar refractivity (Wildman–Crippen MR) is 82.5 cm³/mol. The standard InChI is InChI=1S/C16H24O8/c1-3-10(8-4-5-9(18)11(6-8)22-2)23-16-15(21)14(20)13(19)12(7-17)24-16/h4-6,10,12-21H,3,7H2,1-2H3/t10?,12-,13-,14+,15-,16?/m1/s1. The van der Waals surface area contributed by atoms with Gasteiger partial charge in [0.2, 0.25) is 0 Å². The molecule has 1 fully saturated rings. The molecule has 136 valence electrons. The van der Waals surface area contributed by atoms with Crippen LogP contribution >= 0.6 is 0 Å². The summed E-state index contributed by atoms with van der Waals surface area (Å²) in [6.45, 7) is 1.34. The lowest BCUT2D eigenvalue weighted by molar-refractivity contribution is -0.312. The van der Waals surface area contributed by atoms with Crippen molar-refractivity contribution in [3.8, 4) is 11.5 Å². The first kappa shape index (κ1) is 18.9. The van der Waals surface area contributed by atoms with Crippen LogP contribution in [0.2, 0.25) is 0 Å². The number of hydrogen-bond donors (Lipinski definition) is 5. The topological polar surface area (TPSA) is 129 Å². The van der Waals surface area contributed by atoms with E-state index in [1.54, 1.807) is 12.1 Å². The summed E-state index contributed by atoms with van der Waals surface area (Å²) < 4.78 is 16.2. The number of phenolic OH excluding ortho intramolecular Hbond substituents is 1. The van der Waals surface area contributed by atoms with Crippen molar-refractivity contribution >= 4 is 0 Å². The number of rotatable bonds is 6. The Morgan fingerprint density at radius 2 is 1.88 bits per heavy atom. The van der Waals surface area contributed by atoms with Gasteiger partial charge in [-0.2, -0.15) is 0 Å². The van der Waals surface area contributed by atoms with Gasteiger partial charge in [0.1, 0.15) is 24.4 Å². The minimum Gasteiger partial charge on any atom is -0.504 e. The molecule has 6 atom stereocenters. The molecule has 1 saturated heterocycles. The number of phenols is 1. The van der Waals surface area contributed by atoms with Gasteiger partial charge in [-0.25, -0.2) is 0 Å². The highest BCUT2D eigenvalue weighted by Crippen LogP contribution is 2.33. The van der Waals surface area contributed by atoms with Crippen molar-refractivity contribution < 1.29 is 39.7 Å². The van der Waals surface area contributed by atoms with Gasteiger partial charge in [-0.3, -0.25) is 0 Å². The molecule has 0 radical (unpaired) electrons. The Morgan fingerprint density at radius 3 is 2.46 bits per heavy atom. The average Bonchev–Trinajstić information content (AvgIpc) is 2.60. The number of aromatic hydroxyl groups is 1. The third-order valence-corrected chi connectivity index (χ3v) is 4.09. The van der Waals surface area contributed by atoms with Crippen molar-refractivity contribution in [2.45, 2.75) is 50.2 Å². The summed E-state index contributed by atoms with van der Waals surface area (Å²) in [6, 6.07) is 4.72. The molecular weight excluding hydrogens is 320 g/mol. The monoisotopic (exact) mass is 344 g/mol. The van der Waals surface area contributed by atoms with E-state index >= 15 is 0 Å². The van der Waals surface area contributed by atoms with Crippen molar-refractivity contribution in [2.24, 2.45) is 0 Å². The number of aliphatic hydroxyl groups excluding tert-OH is 4. The first-order chi connectivity index (χ1) is 11.4. The summed E-state index contributed by atoms with van der Waals surface area (Å²) in [5.41, 5.74) is 0.684. The van der Waals surface area contributed by atoms with Crippen molar-refractivity contribution in [1.82, 2.24) is 0 Å². The second-order valence-corrected chi connectivity index (χ2v) is 5.66. The molecule has 0 bridgehead atoms. The zero-order valence-electron chi connectivity index (χ0n) is 13.6. The van der Waals surface area contributed by atoms with Gasteiger partial charge >= 0.3 is 0 Å². The van der Waals surface area contributed by atoms with Crippen molar-refractivity contribution in [2.75, 3.05) is 13.7 Å². The highest BCUT2D eigenvalue weighted by Gasteiger charge is 2.44. The van der Waals surface area contributed by atoms with Crippen LogP contribution in [0.15, 0.2) is 18.2 Å². The van der Waals surface area contributed by atoms with Crippen LogP contribution < -0.4 is 4.74 Å². The van der Waals surface area contributed by atoms with Crippen molar-refractivity contribution in [3.63, 3.8) is 0 Å². The molecule has 0 amide bonds. The Labute approximate surface area is 139 Å². The number of aliphatic hydroxyl groups is 4. The van der Waals surface area contributed by atoms with Crippen LogP contribution in [0.25, 0.3) is 0 Å². The molecule has 5 N–H and O–H groups in total. The number of ether oxygens (including phenoxy) is 3. The fourth-order valence-electron chi connectivity index (χ4n) is 2.65. The summed E-state index contributed by atoms with van der Waals surface area (Å²) in [7, 11) is 1.43. The molecule has 0 spiro atoms. The first-order valence-electron chi connectivity index (χ1n) is 7.75. The second-order valence-electron chi connectivity index (χ2n) is 5.66. The lowest BCUT2D eigenvalue weighted by atomic mass is 9.99. The molecule has 0 aliphatic carbocycles. The Balaban J connectivity index is 2.17. The molecule has 8 heteroatoms. The highest BCUT2D eigenvalue weighted by molar-refractivity contribution is 5.42. The maximum absolute atomic E-state index is 10.1. The SMILES string of the molecule is CCC(OC1O[C@H](CO)[C@@H](O)[C@H](O)[C@H]1O)c1ccc(O)c(OC)c1. The molecule has 0 aromatic heterocycles. The third-order valence-electron chi connectivity index (χ3n) is 4.09. The summed E-state index contributed by atoms with van der Waals surface area (Å²) in [5, 5.41) is 48.5. The van der Waals surface area contributed by atoms with Crippen LogP contribution in [0.3, 0.4) is 0 Å². The summed E-state index contributed by atoms with van der Waals surface area (Å²) in [5.74, 6) is 0.271. The van der Waals surface area contributed by atoms with Gasteiger partial charge in [0, 0.05) is 0 Å². The molecule has 1 aromatic carbocycles. The zero-order valence-corrected chi connectivity index (χ0v) is 13.6. The van der Waals surface area contributed by atoms with E-state index < -0.39 is 43.4 Å². The zero-order chi connectivity index (χ0) is 17.9. The molecule has 1 aliphatic rings. The number of methoxy groups -OCH3 is 1. The van der Waals surface area contributed by atoms with Crippen LogP contribution in [0.4, 0.5) is 0 Å². The Hall–Kier alpha value is -1.42. The van der Waals surface area contributed by atoms with Gasteiger partial charge in [0.15, 0.2) is 17.8 Å². The molecule has 1 heterocycles. The number of hydrogen-bond acceptors (Lipinski definition) is 8. The van der Waals surface area contributed by atoms with Crippen LogP contribution in [0.5, 0.6) is 11.5 Å². The minimum atomic E-state index is -1.49. The predicted octanol–water partition coefficient (Wildman–Crippen LogP) is -0.332. The summed E-state index contributed by atoms with van der Waals surface area (Å²) in [6.07, 6.45) is -6.63. The Kier molecular flexibility index (Phi) is 6.39. The van der Waals surface area contributed by atoms with Gasteiger partial charge in [0.25, 0.3) is 0 Å². The molecule has 1 aromatic rings. The fraction of sp³-hybridized carbons (Fsp3) is 0.625. The Bertz CT molecular complexity index is 535. The second kappa shape index (κ2) is 8.11. The summed E-state index contributed by atoms with van der Waals surface area (Å²) in [4.78, 5) is 0. The fourth-order valence-corrected chi connectivity index (χ4v) is 2.65. The molecule has 0 saturated carbocycles. The Morgan fingerprint density at radius 1 is 1.17 bits per heavy atom. The molecule has 2 rings (SSSR count). The van der Waals surface area contributed by atoms with Gasteiger partial charge in [0.05, 0.1) is 19.8 Å². The maximum Gasteiger partial charge on any atom is 0.187 e. The molecule has 24 heavy (non-hydrogen) atoms. The van der Waals surface area contributed by atoms with E-state index in [2.05, 4.69) is 0 Å². The normalized spacial score (nSPS) is 31.7. The van der Waals surface area contributed by atoms with Gasteiger partial charge < -0.3 is 39.7 Å². The quantitative estimate of drug-likeness (QED) is 0.474. The van der Waals surface area contributed by atoms with Crippen molar-refractivity contribution in [3.05, 3.63) is 23.8 Å². The largest absolute Gasteiger partial charge is 0.504 e. The van der Waals surface area contributed by atoms with Crippen LogP contribution in [-0.2, 0) is 9.47 Å². The molecule has 1 aliphatic heterocycles. The van der Waals surface area contributed by atoms with E-state index in [9.17, 15) is 25.5 Å². The van der Waals surface area contributed by atoms with Gasteiger partial charge in [-0.15, -0.1) is 0 Å². The van der Waals surface area contributed by atoms with E-state index in [0.717, 1.165) is 0 Å². The van der Waals surface area contributed by atoms with Crippen molar-refractivity contribution in [1.29, 1.82) is 0 Å². The first-order valence-corrected chi connectivity index (χ1v) is 7.75. The maximum atomic E-state index is 10.1. The third kappa shape index (κ3) is 3.80. The van der Waals surface area contributed by atoms with E-state index in [0.29, 0.717) is 12.0 Å².